The number of thiophene rings is 1. The molecule has 1 amide bonds. The Bertz CT molecular complexity index is 1380. The number of aromatic amines is 1. The highest BCUT2D eigenvalue weighted by Gasteiger charge is 2.39. The van der Waals surface area contributed by atoms with Gasteiger partial charge in [0.25, 0.3) is 0 Å². The Hall–Kier alpha value is -4.69. The van der Waals surface area contributed by atoms with E-state index in [4.69, 9.17) is 9.47 Å². The normalized spacial score (nSPS) is 11.9. The first-order valence-electron chi connectivity index (χ1n) is 12.9. The molecule has 202 valence electrons. The fourth-order valence-corrected chi connectivity index (χ4v) is 5.37. The lowest BCUT2D eigenvalue weighted by atomic mass is 9.70. The van der Waals surface area contributed by atoms with Crippen molar-refractivity contribution in [1.82, 2.24) is 15.3 Å². The quantitative estimate of drug-likeness (QED) is 0.158. The van der Waals surface area contributed by atoms with Crippen molar-refractivity contribution in [3.8, 4) is 0 Å². The van der Waals surface area contributed by atoms with Gasteiger partial charge in [-0.05, 0) is 33.5 Å². The molecule has 0 aliphatic rings. The third-order valence-corrected chi connectivity index (χ3v) is 7.47. The number of carbonyl (C=O) groups excluding carboxylic acids is 2. The Morgan fingerprint density at radius 2 is 1.45 bits per heavy atom. The molecule has 5 rings (SSSR count). The number of H-pyrrole nitrogens is 1. The summed E-state index contributed by atoms with van der Waals surface area (Å²) in [7, 11) is 0. The maximum absolute atomic E-state index is 13.7. The second-order valence-corrected chi connectivity index (χ2v) is 10.1. The maximum Gasteiger partial charge on any atom is 0.408 e. The number of nitrogens with zero attached hydrogens (tertiary/aromatic N) is 1. The molecule has 5 aromatic rings. The number of amides is 1. The van der Waals surface area contributed by atoms with Crippen LogP contribution in [-0.2, 0) is 32.7 Å². The van der Waals surface area contributed by atoms with Crippen LogP contribution in [0.25, 0.3) is 0 Å². The Labute approximate surface area is 236 Å². The van der Waals surface area contributed by atoms with Crippen molar-refractivity contribution in [2.75, 3.05) is 6.61 Å². The Balaban J connectivity index is 1.42. The summed E-state index contributed by atoms with van der Waals surface area (Å²) in [5.74, 6) is -0.575. The van der Waals surface area contributed by atoms with Gasteiger partial charge >= 0.3 is 12.1 Å². The SMILES string of the molecule is O=C(N[C@@H](Cc1cnc[nH]1)C(=O)OCC(c1ccccc1)(c1ccccc1)c1ccccc1)OCc1ccsc1. The Morgan fingerprint density at radius 1 is 0.850 bits per heavy atom. The maximum atomic E-state index is 13.7. The molecule has 7 nitrogen and oxygen atoms in total. The largest absolute Gasteiger partial charge is 0.462 e. The minimum absolute atomic E-state index is 0.0228. The second-order valence-electron chi connectivity index (χ2n) is 9.30. The molecule has 0 saturated heterocycles. The van der Waals surface area contributed by atoms with E-state index in [0.29, 0.717) is 5.69 Å². The van der Waals surface area contributed by atoms with Crippen molar-refractivity contribution in [3.63, 3.8) is 0 Å². The molecule has 2 heterocycles. The van der Waals surface area contributed by atoms with Gasteiger partial charge in [-0.15, -0.1) is 0 Å². The monoisotopic (exact) mass is 551 g/mol. The Kier molecular flexibility index (Phi) is 8.68. The topological polar surface area (TPSA) is 93.3 Å². The summed E-state index contributed by atoms with van der Waals surface area (Å²) in [4.78, 5) is 33.4. The summed E-state index contributed by atoms with van der Waals surface area (Å²) in [5.41, 5.74) is 3.72. The van der Waals surface area contributed by atoms with Crippen LogP contribution in [-0.4, -0.2) is 34.7 Å². The number of alkyl carbamates (subject to hydrolysis) is 1. The van der Waals surface area contributed by atoms with Gasteiger partial charge in [0.2, 0.25) is 0 Å². The van der Waals surface area contributed by atoms with E-state index in [9.17, 15) is 9.59 Å². The molecule has 0 fully saturated rings. The number of rotatable bonds is 11. The van der Waals surface area contributed by atoms with Crippen LogP contribution in [0.4, 0.5) is 4.79 Å². The van der Waals surface area contributed by atoms with E-state index in [1.165, 1.54) is 17.7 Å². The van der Waals surface area contributed by atoms with E-state index in [1.54, 1.807) is 6.20 Å². The standard InChI is InChI=1S/C32H29N3O4S/c36-30(29(18-28-19-33-23-34-28)35-31(37)38-20-24-16-17-40-21-24)39-22-32(25-10-4-1-5-11-25,26-12-6-2-7-13-26)27-14-8-3-9-15-27/h1-17,19,21,23,29H,18,20,22H2,(H,33,34)(H,35,37)/t29-/m0/s1. The van der Waals surface area contributed by atoms with Crippen LogP contribution >= 0.6 is 11.3 Å². The molecule has 0 spiro atoms. The van der Waals surface area contributed by atoms with E-state index in [2.05, 4.69) is 15.3 Å². The van der Waals surface area contributed by atoms with Gasteiger partial charge in [0.15, 0.2) is 0 Å². The number of nitrogens with one attached hydrogen (secondary N) is 2. The molecule has 8 heteroatoms. The zero-order valence-corrected chi connectivity index (χ0v) is 22.6. The molecule has 0 bridgehead atoms. The van der Waals surface area contributed by atoms with Crippen molar-refractivity contribution in [2.45, 2.75) is 24.5 Å². The average molecular weight is 552 g/mol. The van der Waals surface area contributed by atoms with Gasteiger partial charge < -0.3 is 19.8 Å². The van der Waals surface area contributed by atoms with Crippen molar-refractivity contribution in [1.29, 1.82) is 0 Å². The van der Waals surface area contributed by atoms with Crippen molar-refractivity contribution < 1.29 is 19.1 Å². The van der Waals surface area contributed by atoms with E-state index in [-0.39, 0.29) is 19.6 Å². The first-order chi connectivity index (χ1) is 19.6. The highest BCUT2D eigenvalue weighted by Crippen LogP contribution is 2.39. The van der Waals surface area contributed by atoms with E-state index < -0.39 is 23.5 Å². The number of imidazole rings is 1. The van der Waals surface area contributed by atoms with Crippen molar-refractivity contribution in [3.05, 3.63) is 148 Å². The van der Waals surface area contributed by atoms with E-state index in [1.807, 2.05) is 108 Å². The minimum atomic E-state index is -0.990. The molecule has 0 aliphatic heterocycles. The number of esters is 1. The molecular weight excluding hydrogens is 522 g/mol. The van der Waals surface area contributed by atoms with Crippen LogP contribution in [0.15, 0.2) is 120 Å². The second kappa shape index (κ2) is 12.9. The summed E-state index contributed by atoms with van der Waals surface area (Å²) in [6.07, 6.45) is 2.60. The molecule has 1 atom stereocenters. The molecule has 0 radical (unpaired) electrons. The summed E-state index contributed by atoms with van der Waals surface area (Å²) < 4.78 is 11.5. The van der Waals surface area contributed by atoms with Crippen LogP contribution in [0.2, 0.25) is 0 Å². The third kappa shape index (κ3) is 6.30. The fourth-order valence-electron chi connectivity index (χ4n) is 4.72. The van der Waals surface area contributed by atoms with Gasteiger partial charge in [-0.25, -0.2) is 14.6 Å². The average Bonchev–Trinajstić information content (AvgIpc) is 3.73. The number of ether oxygens (including phenoxy) is 2. The number of carbonyl (C=O) groups is 2. The van der Waals surface area contributed by atoms with E-state index in [0.717, 1.165) is 22.3 Å². The zero-order chi connectivity index (χ0) is 27.6. The van der Waals surface area contributed by atoms with Crippen LogP contribution in [0, 0.1) is 0 Å². The number of aromatic nitrogens is 2. The first-order valence-corrected chi connectivity index (χ1v) is 13.8. The lowest BCUT2D eigenvalue weighted by Crippen LogP contribution is -2.45. The number of hydrogen-bond donors (Lipinski definition) is 2. The van der Waals surface area contributed by atoms with Crippen LogP contribution in [0.3, 0.4) is 0 Å². The molecule has 0 aliphatic carbocycles. The van der Waals surface area contributed by atoms with Gasteiger partial charge in [0, 0.05) is 23.9 Å². The fraction of sp³-hybridized carbons (Fsp3) is 0.156. The van der Waals surface area contributed by atoms with Gasteiger partial charge in [0.05, 0.1) is 11.7 Å². The summed E-state index contributed by atoms with van der Waals surface area (Å²) in [6, 6.07) is 30.9. The molecule has 0 saturated carbocycles. The van der Waals surface area contributed by atoms with Crippen molar-refractivity contribution >= 4 is 23.4 Å². The highest BCUT2D eigenvalue weighted by atomic mass is 32.1. The van der Waals surface area contributed by atoms with Gasteiger partial charge in [0.1, 0.15) is 19.3 Å². The lowest BCUT2D eigenvalue weighted by molar-refractivity contribution is -0.147. The summed E-state index contributed by atoms with van der Waals surface area (Å²) >= 11 is 1.52. The summed E-state index contributed by atoms with van der Waals surface area (Å²) in [5, 5.41) is 6.51. The molecule has 0 unspecified atom stereocenters. The van der Waals surface area contributed by atoms with Crippen LogP contribution in [0.5, 0.6) is 0 Å². The highest BCUT2D eigenvalue weighted by molar-refractivity contribution is 7.07. The van der Waals surface area contributed by atoms with E-state index >= 15 is 0 Å². The molecule has 2 N–H and O–H groups in total. The molecule has 2 aromatic heterocycles. The molecular formula is C32H29N3O4S. The molecule has 3 aromatic carbocycles. The minimum Gasteiger partial charge on any atom is -0.462 e. The lowest BCUT2D eigenvalue weighted by Gasteiger charge is -2.35. The van der Waals surface area contributed by atoms with Gasteiger partial charge in [-0.1, -0.05) is 91.0 Å². The summed E-state index contributed by atoms with van der Waals surface area (Å²) in [6.45, 7) is 0.134. The predicted octanol–water partition coefficient (Wildman–Crippen LogP) is 5.89. The van der Waals surface area contributed by atoms with Crippen LogP contribution < -0.4 is 5.32 Å². The third-order valence-electron chi connectivity index (χ3n) is 6.74. The van der Waals surface area contributed by atoms with Crippen LogP contribution in [0.1, 0.15) is 27.9 Å². The smallest absolute Gasteiger partial charge is 0.408 e. The number of hydrogen-bond acceptors (Lipinski definition) is 6. The Morgan fingerprint density at radius 3 is 1.95 bits per heavy atom. The zero-order valence-electron chi connectivity index (χ0n) is 21.7. The van der Waals surface area contributed by atoms with Crippen molar-refractivity contribution in [2.24, 2.45) is 0 Å². The molecule has 40 heavy (non-hydrogen) atoms. The van der Waals surface area contributed by atoms with Gasteiger partial charge in [-0.3, -0.25) is 0 Å². The predicted molar refractivity (Wildman–Crippen MR) is 154 cm³/mol. The first kappa shape index (κ1) is 26.9. The van der Waals surface area contributed by atoms with Gasteiger partial charge in [-0.2, -0.15) is 11.3 Å². The number of benzene rings is 3.